The van der Waals surface area contributed by atoms with E-state index in [1.165, 1.54) is 13.2 Å². The molecule has 2 fully saturated rings. The van der Waals surface area contributed by atoms with Gasteiger partial charge in [0.2, 0.25) is 0 Å². The van der Waals surface area contributed by atoms with Gasteiger partial charge in [0, 0.05) is 36.1 Å². The number of hydrogen-bond acceptors (Lipinski definition) is 6. The van der Waals surface area contributed by atoms with Crippen LogP contribution in [0.4, 0.5) is 10.2 Å². The number of nitrogens with one attached hydrogen (secondary N) is 1. The van der Waals surface area contributed by atoms with Crippen molar-refractivity contribution in [1.82, 2.24) is 15.3 Å². The molecule has 6 nitrogen and oxygen atoms in total. The number of halogens is 2. The number of methoxy groups -OCH3 is 1. The predicted molar refractivity (Wildman–Crippen MR) is 134 cm³/mol. The average molecular weight is 481 g/mol. The van der Waals surface area contributed by atoms with E-state index in [0.29, 0.717) is 28.9 Å². The number of phenolic OH excluding ortho intramolecular Hbond substituents is 1. The highest BCUT2D eigenvalue weighted by Gasteiger charge is 2.34. The Morgan fingerprint density at radius 3 is 2.62 bits per heavy atom. The molecule has 0 aliphatic carbocycles. The highest BCUT2D eigenvalue weighted by molar-refractivity contribution is 6.34. The fourth-order valence-corrected chi connectivity index (χ4v) is 5.18. The molecule has 176 valence electrons. The third kappa shape index (κ3) is 4.21. The molecule has 2 aliphatic heterocycles. The lowest BCUT2D eigenvalue weighted by molar-refractivity contribution is 0.380. The van der Waals surface area contributed by atoms with Gasteiger partial charge in [-0.25, -0.2) is 4.39 Å². The summed E-state index contributed by atoms with van der Waals surface area (Å²) >= 11 is 6.66. The van der Waals surface area contributed by atoms with E-state index in [-0.39, 0.29) is 27.9 Å². The van der Waals surface area contributed by atoms with Gasteiger partial charge < -0.3 is 20.1 Å². The molecule has 3 heterocycles. The van der Waals surface area contributed by atoms with Crippen molar-refractivity contribution in [3.05, 3.63) is 58.9 Å². The number of piperazine rings is 1. The van der Waals surface area contributed by atoms with E-state index < -0.39 is 5.82 Å². The average Bonchev–Trinajstić information content (AvgIpc) is 3.16. The number of fused-ring (bicyclic) bond motifs is 3. The number of phenols is 1. The van der Waals surface area contributed by atoms with E-state index in [1.54, 1.807) is 18.2 Å². The van der Waals surface area contributed by atoms with Crippen molar-refractivity contribution in [3.8, 4) is 22.9 Å². The number of ether oxygens (including phenoxy) is 1. The van der Waals surface area contributed by atoms with Crippen molar-refractivity contribution in [1.29, 1.82) is 0 Å². The predicted octanol–water partition coefficient (Wildman–Crippen LogP) is 5.33. The van der Waals surface area contributed by atoms with Crippen LogP contribution in [0, 0.1) is 5.82 Å². The summed E-state index contributed by atoms with van der Waals surface area (Å²) < 4.78 is 21.4. The van der Waals surface area contributed by atoms with Crippen LogP contribution in [0.25, 0.3) is 28.1 Å². The summed E-state index contributed by atoms with van der Waals surface area (Å²) in [6.07, 6.45) is 9.68. The molecular weight excluding hydrogens is 455 g/mol. The lowest BCUT2D eigenvalue weighted by Crippen LogP contribution is -2.51. The van der Waals surface area contributed by atoms with Gasteiger partial charge in [-0.05, 0) is 55.2 Å². The number of nitrogens with zero attached hydrogens (tertiary/aromatic N) is 3. The van der Waals surface area contributed by atoms with Crippen LogP contribution in [-0.2, 0) is 0 Å². The zero-order valence-corrected chi connectivity index (χ0v) is 19.8. The minimum Gasteiger partial charge on any atom is -0.508 e. The maximum absolute atomic E-state index is 16.0. The molecule has 0 saturated carbocycles. The van der Waals surface area contributed by atoms with Crippen molar-refractivity contribution < 1.29 is 14.2 Å². The molecule has 8 heteroatoms. The molecule has 0 spiro atoms. The van der Waals surface area contributed by atoms with Crippen molar-refractivity contribution >= 4 is 34.4 Å². The minimum atomic E-state index is -0.573. The Kier molecular flexibility index (Phi) is 6.15. The molecule has 2 N–H and O–H groups in total. The van der Waals surface area contributed by atoms with Gasteiger partial charge in [-0.15, -0.1) is 0 Å². The van der Waals surface area contributed by atoms with E-state index >= 15 is 4.39 Å². The Balaban J connectivity index is 1.66. The van der Waals surface area contributed by atoms with E-state index in [1.807, 2.05) is 31.2 Å². The van der Waals surface area contributed by atoms with Crippen molar-refractivity contribution in [2.45, 2.75) is 31.8 Å². The Morgan fingerprint density at radius 1 is 1.15 bits per heavy atom. The molecule has 1 aromatic heterocycles. The van der Waals surface area contributed by atoms with Crippen LogP contribution in [0.1, 0.15) is 25.3 Å². The number of aromatic nitrogens is 2. The zero-order chi connectivity index (χ0) is 23.8. The van der Waals surface area contributed by atoms with E-state index in [4.69, 9.17) is 16.3 Å². The molecular formula is C26H26ClFN4O2. The normalized spacial score (nSPS) is 20.2. The summed E-state index contributed by atoms with van der Waals surface area (Å²) in [5.41, 5.74) is 1.50. The maximum atomic E-state index is 16.0. The number of rotatable bonds is 5. The first-order valence-corrected chi connectivity index (χ1v) is 11.7. The van der Waals surface area contributed by atoms with Gasteiger partial charge in [-0.3, -0.25) is 0 Å². The summed E-state index contributed by atoms with van der Waals surface area (Å²) in [7, 11) is 1.47. The minimum absolute atomic E-state index is 0.0189. The van der Waals surface area contributed by atoms with Crippen LogP contribution in [-0.4, -0.2) is 47.4 Å². The molecule has 0 radical (unpaired) electrons. The molecule has 3 aromatic rings. The van der Waals surface area contributed by atoms with Gasteiger partial charge in [0.05, 0.1) is 12.1 Å². The van der Waals surface area contributed by atoms with Gasteiger partial charge >= 0.3 is 6.01 Å². The highest BCUT2D eigenvalue weighted by Crippen LogP contribution is 2.40. The standard InChI is InChI=1S/C26H26ClFN4O2/c1-3-4-5-6-15-9-16(11-19(33)10-15)22-21(27)12-20-24(23(22)28)30-26(34-2)31-25(20)32-13-17-7-8-18(14-32)29-17/h3-6,9-12,17-18,29,33H,7-8,13-14H2,1-2H3/b4-3-,6-5-. The highest BCUT2D eigenvalue weighted by atomic mass is 35.5. The van der Waals surface area contributed by atoms with Gasteiger partial charge in [0.1, 0.15) is 17.1 Å². The van der Waals surface area contributed by atoms with Gasteiger partial charge in [-0.1, -0.05) is 35.9 Å². The third-order valence-electron chi connectivity index (χ3n) is 6.36. The third-order valence-corrected chi connectivity index (χ3v) is 6.66. The van der Waals surface area contributed by atoms with Gasteiger partial charge in [0.15, 0.2) is 5.82 Å². The number of hydrogen-bond donors (Lipinski definition) is 2. The van der Waals surface area contributed by atoms with Gasteiger partial charge in [-0.2, -0.15) is 9.97 Å². The fraction of sp³-hybridized carbons (Fsp3) is 0.308. The molecule has 2 aliphatic rings. The zero-order valence-electron chi connectivity index (χ0n) is 19.1. The maximum Gasteiger partial charge on any atom is 0.318 e. The molecule has 2 unspecified atom stereocenters. The molecule has 2 aromatic carbocycles. The number of anilines is 1. The number of benzene rings is 2. The quantitative estimate of drug-likeness (QED) is 0.481. The topological polar surface area (TPSA) is 70.5 Å². The monoisotopic (exact) mass is 480 g/mol. The largest absolute Gasteiger partial charge is 0.508 e. The second-order valence-corrected chi connectivity index (χ2v) is 9.13. The molecule has 2 bridgehead atoms. The van der Waals surface area contributed by atoms with E-state index in [2.05, 4.69) is 20.2 Å². The van der Waals surface area contributed by atoms with Crippen LogP contribution >= 0.6 is 11.6 Å². The van der Waals surface area contributed by atoms with Crippen LogP contribution < -0.4 is 15.0 Å². The van der Waals surface area contributed by atoms with Crippen LogP contribution in [0.15, 0.2) is 42.5 Å². The van der Waals surface area contributed by atoms with Crippen LogP contribution in [0.3, 0.4) is 0 Å². The second-order valence-electron chi connectivity index (χ2n) is 8.72. The van der Waals surface area contributed by atoms with Gasteiger partial charge in [0.25, 0.3) is 0 Å². The Hall–Kier alpha value is -3.16. The van der Waals surface area contributed by atoms with Crippen molar-refractivity contribution in [2.75, 3.05) is 25.1 Å². The molecule has 0 amide bonds. The first kappa shape index (κ1) is 22.6. The lowest BCUT2D eigenvalue weighted by Gasteiger charge is -2.34. The first-order valence-electron chi connectivity index (χ1n) is 11.4. The summed E-state index contributed by atoms with van der Waals surface area (Å²) in [5.74, 6) is 0.0699. The molecule has 5 rings (SSSR count). The Morgan fingerprint density at radius 2 is 1.91 bits per heavy atom. The summed E-state index contributed by atoms with van der Waals surface area (Å²) in [5, 5.41) is 14.7. The van der Waals surface area contributed by atoms with E-state index in [9.17, 15) is 5.11 Å². The smallest absolute Gasteiger partial charge is 0.318 e. The van der Waals surface area contributed by atoms with Crippen LogP contribution in [0.2, 0.25) is 5.02 Å². The first-order chi connectivity index (χ1) is 16.5. The summed E-state index contributed by atoms with van der Waals surface area (Å²) in [6, 6.07) is 7.48. The second kappa shape index (κ2) is 9.24. The number of allylic oxidation sites excluding steroid dienone is 3. The van der Waals surface area contributed by atoms with E-state index in [0.717, 1.165) is 31.5 Å². The molecule has 2 saturated heterocycles. The van der Waals surface area contributed by atoms with Crippen LogP contribution in [0.5, 0.6) is 11.8 Å². The summed E-state index contributed by atoms with van der Waals surface area (Å²) in [4.78, 5) is 11.1. The fourth-order valence-electron chi connectivity index (χ4n) is 4.88. The summed E-state index contributed by atoms with van der Waals surface area (Å²) in [6.45, 7) is 3.47. The Labute approximate surface area is 202 Å². The Bertz CT molecular complexity index is 1300. The van der Waals surface area contributed by atoms with Crippen molar-refractivity contribution in [2.24, 2.45) is 0 Å². The SMILES string of the molecule is C/C=C\C=C/c1cc(O)cc(-c2c(Cl)cc3c(N4CC5CCC(C4)N5)nc(OC)nc3c2F)c1. The molecule has 34 heavy (non-hydrogen) atoms. The molecule has 2 atom stereocenters. The number of aromatic hydroxyl groups is 1. The lowest BCUT2D eigenvalue weighted by atomic mass is 9.99. The van der Waals surface area contributed by atoms with Crippen molar-refractivity contribution in [3.63, 3.8) is 0 Å².